The van der Waals surface area contributed by atoms with Crippen molar-refractivity contribution in [2.75, 3.05) is 40.9 Å². The van der Waals surface area contributed by atoms with Crippen LogP contribution in [0.5, 0.6) is 11.5 Å². The van der Waals surface area contributed by atoms with Crippen molar-refractivity contribution in [3.63, 3.8) is 0 Å². The molecule has 0 atom stereocenters. The summed E-state index contributed by atoms with van der Waals surface area (Å²) in [5.41, 5.74) is 0.723. The zero-order chi connectivity index (χ0) is 21.4. The van der Waals surface area contributed by atoms with E-state index in [1.807, 2.05) is 39.0 Å². The second kappa shape index (κ2) is 10.2. The first-order valence-electron chi connectivity index (χ1n) is 9.91. The number of carbonyl (C=O) groups is 1. The maximum absolute atomic E-state index is 12.0. The standard InChI is InChI=1S/C21H34N4O4/c1-21(2,3)29-20(26)25-13-16(14-25)24-19(22-4)23-11-7-8-15-9-10-17(27-5)18(12-15)28-6/h9-10,12,16H,7-8,11,13-14H2,1-6H3,(H2,22,23,24). The average molecular weight is 407 g/mol. The molecule has 0 unspecified atom stereocenters. The third kappa shape index (κ3) is 7.03. The highest BCUT2D eigenvalue weighted by Gasteiger charge is 2.34. The molecule has 0 bridgehead atoms. The Kier molecular flexibility index (Phi) is 7.99. The Morgan fingerprint density at radius 1 is 1.21 bits per heavy atom. The minimum Gasteiger partial charge on any atom is -0.493 e. The normalized spacial score (nSPS) is 14.8. The molecule has 1 amide bonds. The number of benzene rings is 1. The first-order valence-corrected chi connectivity index (χ1v) is 9.91. The van der Waals surface area contributed by atoms with E-state index in [0.29, 0.717) is 13.1 Å². The molecule has 1 aliphatic heterocycles. The molecule has 2 rings (SSSR count). The third-order valence-electron chi connectivity index (χ3n) is 4.48. The van der Waals surface area contributed by atoms with Crippen molar-refractivity contribution in [1.82, 2.24) is 15.5 Å². The number of nitrogens with zero attached hydrogens (tertiary/aromatic N) is 2. The predicted molar refractivity (Wildman–Crippen MR) is 114 cm³/mol. The van der Waals surface area contributed by atoms with Crippen molar-refractivity contribution in [1.29, 1.82) is 0 Å². The number of rotatable bonds is 7. The molecule has 0 aromatic heterocycles. The van der Waals surface area contributed by atoms with Gasteiger partial charge in [0.15, 0.2) is 17.5 Å². The largest absolute Gasteiger partial charge is 0.493 e. The average Bonchev–Trinajstić information content (AvgIpc) is 2.63. The molecule has 8 nitrogen and oxygen atoms in total. The SMILES string of the molecule is CN=C(NCCCc1ccc(OC)c(OC)c1)NC1CN(C(=O)OC(C)(C)C)C1. The van der Waals surface area contributed by atoms with E-state index in [9.17, 15) is 4.79 Å². The minimum absolute atomic E-state index is 0.180. The summed E-state index contributed by atoms with van der Waals surface area (Å²) in [6, 6.07) is 6.16. The van der Waals surface area contributed by atoms with Crippen molar-refractivity contribution in [2.24, 2.45) is 4.99 Å². The van der Waals surface area contributed by atoms with Crippen molar-refractivity contribution >= 4 is 12.1 Å². The summed E-state index contributed by atoms with van der Waals surface area (Å²) in [6.45, 7) is 7.62. The van der Waals surface area contributed by atoms with Crippen LogP contribution < -0.4 is 20.1 Å². The predicted octanol–water partition coefficient (Wildman–Crippen LogP) is 2.42. The molecule has 1 aromatic rings. The molecule has 0 spiro atoms. The number of aryl methyl sites for hydroxylation is 1. The van der Waals surface area contributed by atoms with Gasteiger partial charge in [-0.05, 0) is 51.3 Å². The Hall–Kier alpha value is -2.64. The van der Waals surface area contributed by atoms with Crippen LogP contribution in [0.2, 0.25) is 0 Å². The highest BCUT2D eigenvalue weighted by molar-refractivity contribution is 5.80. The summed E-state index contributed by atoms with van der Waals surface area (Å²) in [5, 5.41) is 6.66. The molecule has 1 fully saturated rings. The Morgan fingerprint density at radius 2 is 1.90 bits per heavy atom. The van der Waals surface area contributed by atoms with Crippen molar-refractivity contribution < 1.29 is 19.0 Å². The summed E-state index contributed by atoms with van der Waals surface area (Å²) in [5.74, 6) is 2.22. The van der Waals surface area contributed by atoms with Gasteiger partial charge in [-0.2, -0.15) is 0 Å². The van der Waals surface area contributed by atoms with E-state index in [0.717, 1.165) is 36.8 Å². The van der Waals surface area contributed by atoms with E-state index in [1.54, 1.807) is 26.2 Å². The Labute approximate surface area is 173 Å². The first kappa shape index (κ1) is 22.6. The topological polar surface area (TPSA) is 84.4 Å². The van der Waals surface area contributed by atoms with Crippen LogP contribution in [0.15, 0.2) is 23.2 Å². The van der Waals surface area contributed by atoms with Crippen LogP contribution in [0.25, 0.3) is 0 Å². The fraction of sp³-hybridized carbons (Fsp3) is 0.619. The highest BCUT2D eigenvalue weighted by Crippen LogP contribution is 2.27. The number of amides is 1. The van der Waals surface area contributed by atoms with Gasteiger partial charge in [0.25, 0.3) is 0 Å². The Bertz CT molecular complexity index is 709. The van der Waals surface area contributed by atoms with Crippen LogP contribution >= 0.6 is 0 Å². The quantitative estimate of drug-likeness (QED) is 0.411. The molecule has 1 heterocycles. The number of carbonyl (C=O) groups excluding carboxylic acids is 1. The number of guanidine groups is 1. The van der Waals surface area contributed by atoms with Gasteiger partial charge >= 0.3 is 6.09 Å². The third-order valence-corrected chi connectivity index (χ3v) is 4.48. The second-order valence-electron chi connectivity index (χ2n) is 8.02. The monoisotopic (exact) mass is 406 g/mol. The van der Waals surface area contributed by atoms with Crippen LogP contribution in [0.1, 0.15) is 32.8 Å². The van der Waals surface area contributed by atoms with Crippen molar-refractivity contribution in [3.05, 3.63) is 23.8 Å². The molecule has 1 aromatic carbocycles. The molecule has 162 valence electrons. The fourth-order valence-corrected chi connectivity index (χ4v) is 2.97. The van der Waals surface area contributed by atoms with Crippen LogP contribution in [0.3, 0.4) is 0 Å². The van der Waals surface area contributed by atoms with Crippen LogP contribution in [0, 0.1) is 0 Å². The van der Waals surface area contributed by atoms with Gasteiger partial charge in [0, 0.05) is 26.7 Å². The number of nitrogens with one attached hydrogen (secondary N) is 2. The van der Waals surface area contributed by atoms with Crippen LogP contribution in [-0.2, 0) is 11.2 Å². The lowest BCUT2D eigenvalue weighted by molar-refractivity contribution is 0.00701. The molecule has 2 N–H and O–H groups in total. The van der Waals surface area contributed by atoms with Gasteiger partial charge in [-0.15, -0.1) is 0 Å². The zero-order valence-corrected chi connectivity index (χ0v) is 18.4. The van der Waals surface area contributed by atoms with E-state index in [4.69, 9.17) is 14.2 Å². The minimum atomic E-state index is -0.471. The van der Waals surface area contributed by atoms with E-state index < -0.39 is 5.60 Å². The molecular weight excluding hydrogens is 372 g/mol. The van der Waals surface area contributed by atoms with Gasteiger partial charge in [-0.1, -0.05) is 6.07 Å². The van der Waals surface area contributed by atoms with Crippen LogP contribution in [0.4, 0.5) is 4.79 Å². The van der Waals surface area contributed by atoms with Crippen molar-refractivity contribution in [3.8, 4) is 11.5 Å². The summed E-state index contributed by atoms with van der Waals surface area (Å²) < 4.78 is 16.0. The molecule has 8 heteroatoms. The van der Waals surface area contributed by atoms with Crippen LogP contribution in [-0.4, -0.2) is 69.5 Å². The summed E-state index contributed by atoms with van der Waals surface area (Å²) in [4.78, 5) is 17.9. The highest BCUT2D eigenvalue weighted by atomic mass is 16.6. The molecular formula is C21H34N4O4. The lowest BCUT2D eigenvalue weighted by Crippen LogP contribution is -2.63. The van der Waals surface area contributed by atoms with E-state index in [1.165, 1.54) is 5.56 Å². The maximum Gasteiger partial charge on any atom is 0.410 e. The smallest absolute Gasteiger partial charge is 0.410 e. The number of aliphatic imine (C=N–C) groups is 1. The molecule has 1 aliphatic rings. The summed E-state index contributed by atoms with van der Waals surface area (Å²) >= 11 is 0. The fourth-order valence-electron chi connectivity index (χ4n) is 2.97. The van der Waals surface area contributed by atoms with Gasteiger partial charge in [-0.25, -0.2) is 4.79 Å². The van der Waals surface area contributed by atoms with Crippen molar-refractivity contribution in [2.45, 2.75) is 45.3 Å². The Morgan fingerprint density at radius 3 is 2.48 bits per heavy atom. The Balaban J connectivity index is 1.68. The number of methoxy groups -OCH3 is 2. The zero-order valence-electron chi connectivity index (χ0n) is 18.4. The molecule has 0 saturated carbocycles. The second-order valence-corrected chi connectivity index (χ2v) is 8.02. The van der Waals surface area contributed by atoms with Gasteiger partial charge in [0.1, 0.15) is 5.60 Å². The molecule has 0 aliphatic carbocycles. The van der Waals surface area contributed by atoms with Gasteiger partial charge in [0.05, 0.1) is 20.3 Å². The maximum atomic E-state index is 12.0. The molecule has 0 radical (unpaired) electrons. The number of hydrogen-bond donors (Lipinski definition) is 2. The van der Waals surface area contributed by atoms with E-state index in [-0.39, 0.29) is 12.1 Å². The number of hydrogen-bond acceptors (Lipinski definition) is 5. The van der Waals surface area contributed by atoms with Gasteiger partial charge in [-0.3, -0.25) is 4.99 Å². The first-order chi connectivity index (χ1) is 13.8. The lowest BCUT2D eigenvalue weighted by atomic mass is 10.1. The molecule has 29 heavy (non-hydrogen) atoms. The number of ether oxygens (including phenoxy) is 3. The lowest BCUT2D eigenvalue weighted by Gasteiger charge is -2.40. The van der Waals surface area contributed by atoms with E-state index in [2.05, 4.69) is 15.6 Å². The summed E-state index contributed by atoms with van der Waals surface area (Å²) in [7, 11) is 5.02. The van der Waals surface area contributed by atoms with E-state index >= 15 is 0 Å². The number of likely N-dealkylation sites (tertiary alicyclic amines) is 1. The molecule has 1 saturated heterocycles. The van der Waals surface area contributed by atoms with Gasteiger partial charge < -0.3 is 29.7 Å². The van der Waals surface area contributed by atoms with Gasteiger partial charge in [0.2, 0.25) is 0 Å². The summed E-state index contributed by atoms with van der Waals surface area (Å²) in [6.07, 6.45) is 1.60.